The number of nitrogens with zero attached hydrogens (tertiary/aromatic N) is 2. The summed E-state index contributed by atoms with van der Waals surface area (Å²) in [7, 11) is 0. The minimum atomic E-state index is -1.04. The van der Waals surface area contributed by atoms with Crippen molar-refractivity contribution < 1.29 is 29.7 Å². The van der Waals surface area contributed by atoms with Crippen molar-refractivity contribution in [2.75, 3.05) is 52.4 Å². The number of nitrogens with two attached hydrogens (primary N) is 1. The average molecular weight is 332 g/mol. The van der Waals surface area contributed by atoms with Gasteiger partial charge in [0.2, 0.25) is 0 Å². The van der Waals surface area contributed by atoms with Gasteiger partial charge in [-0.25, -0.2) is 0 Å². The molecular formula is C13H24N4O6. The Balaban J connectivity index is 2.97. The Kier molecular flexibility index (Phi) is 7.36. The van der Waals surface area contributed by atoms with Crippen molar-refractivity contribution in [3.63, 3.8) is 0 Å². The van der Waals surface area contributed by atoms with Crippen LogP contribution >= 0.6 is 0 Å². The second-order valence-electron chi connectivity index (χ2n) is 5.78. The summed E-state index contributed by atoms with van der Waals surface area (Å²) < 4.78 is 0. The molecule has 0 bridgehead atoms. The molecule has 0 aliphatic carbocycles. The van der Waals surface area contributed by atoms with Gasteiger partial charge in [-0.1, -0.05) is 0 Å². The monoisotopic (exact) mass is 332 g/mol. The molecule has 0 aromatic rings. The third-order valence-electron chi connectivity index (χ3n) is 3.74. The highest BCUT2D eigenvalue weighted by atomic mass is 16.4. The SMILES string of the molecule is NCCC1(NCC(=O)O)CN(CC(=O)O)CCN(CC(=O)O)C1. The Morgan fingerprint density at radius 2 is 1.43 bits per heavy atom. The summed E-state index contributed by atoms with van der Waals surface area (Å²) in [5.41, 5.74) is 4.87. The van der Waals surface area contributed by atoms with Gasteiger partial charge in [0.05, 0.1) is 19.6 Å². The van der Waals surface area contributed by atoms with Crippen LogP contribution < -0.4 is 11.1 Å². The maximum Gasteiger partial charge on any atom is 0.317 e. The first-order valence-corrected chi connectivity index (χ1v) is 7.31. The average Bonchev–Trinajstić information content (AvgIpc) is 2.56. The normalized spacial score (nSPS) is 19.2. The van der Waals surface area contributed by atoms with E-state index >= 15 is 0 Å². The minimum Gasteiger partial charge on any atom is -0.480 e. The van der Waals surface area contributed by atoms with Crippen molar-refractivity contribution in [2.45, 2.75) is 12.0 Å². The van der Waals surface area contributed by atoms with Gasteiger partial charge in [-0.15, -0.1) is 0 Å². The zero-order chi connectivity index (χ0) is 17.5. The molecule has 23 heavy (non-hydrogen) atoms. The van der Waals surface area contributed by atoms with E-state index in [1.54, 1.807) is 9.80 Å². The van der Waals surface area contributed by atoms with Gasteiger partial charge in [-0.3, -0.25) is 29.5 Å². The molecule has 1 aliphatic heterocycles. The van der Waals surface area contributed by atoms with Crippen LogP contribution in [0, 0.1) is 0 Å². The van der Waals surface area contributed by atoms with E-state index < -0.39 is 23.4 Å². The molecule has 0 aromatic carbocycles. The highest BCUT2D eigenvalue weighted by Gasteiger charge is 2.37. The lowest BCUT2D eigenvalue weighted by Crippen LogP contribution is -2.60. The van der Waals surface area contributed by atoms with Crippen LogP contribution in [0.2, 0.25) is 0 Å². The molecule has 0 radical (unpaired) electrons. The van der Waals surface area contributed by atoms with Gasteiger partial charge in [-0.05, 0) is 13.0 Å². The van der Waals surface area contributed by atoms with Crippen molar-refractivity contribution in [1.29, 1.82) is 0 Å². The number of hydrogen-bond acceptors (Lipinski definition) is 7. The van der Waals surface area contributed by atoms with Crippen LogP contribution in [0.3, 0.4) is 0 Å². The summed E-state index contributed by atoms with van der Waals surface area (Å²) in [5.74, 6) is -3.02. The third kappa shape index (κ3) is 6.91. The van der Waals surface area contributed by atoms with Crippen LogP contribution in [0.5, 0.6) is 0 Å². The van der Waals surface area contributed by atoms with Crippen LogP contribution in [-0.4, -0.2) is 101 Å². The van der Waals surface area contributed by atoms with E-state index in [1.165, 1.54) is 0 Å². The van der Waals surface area contributed by atoms with Crippen LogP contribution in [0.1, 0.15) is 6.42 Å². The number of carbonyl (C=O) groups is 3. The standard InChI is InChI=1S/C13H24N4O6/c14-2-1-13(15-5-10(18)19)8-16(6-11(20)21)3-4-17(9-13)7-12(22)23/h15H,1-9,14H2,(H,18,19)(H,20,21)(H,22,23). The van der Waals surface area contributed by atoms with Gasteiger partial charge in [0, 0.05) is 31.7 Å². The quantitative estimate of drug-likeness (QED) is 0.307. The summed E-state index contributed by atoms with van der Waals surface area (Å²) in [5, 5.41) is 29.8. The topological polar surface area (TPSA) is 156 Å². The van der Waals surface area contributed by atoms with Crippen LogP contribution in [0.25, 0.3) is 0 Å². The highest BCUT2D eigenvalue weighted by Crippen LogP contribution is 2.18. The van der Waals surface area contributed by atoms with E-state index in [-0.39, 0.29) is 26.2 Å². The number of rotatable bonds is 9. The lowest BCUT2D eigenvalue weighted by molar-refractivity contribution is -0.139. The van der Waals surface area contributed by atoms with Crippen molar-refractivity contribution >= 4 is 17.9 Å². The molecule has 6 N–H and O–H groups in total. The predicted octanol–water partition coefficient (Wildman–Crippen LogP) is -2.46. The van der Waals surface area contributed by atoms with Crippen molar-refractivity contribution in [1.82, 2.24) is 15.1 Å². The van der Waals surface area contributed by atoms with Gasteiger partial charge < -0.3 is 21.1 Å². The van der Waals surface area contributed by atoms with Crippen LogP contribution in [0.4, 0.5) is 0 Å². The molecule has 1 rings (SSSR count). The fraction of sp³-hybridized carbons (Fsp3) is 0.769. The molecule has 0 atom stereocenters. The Morgan fingerprint density at radius 3 is 1.78 bits per heavy atom. The first-order valence-electron chi connectivity index (χ1n) is 7.31. The zero-order valence-electron chi connectivity index (χ0n) is 12.9. The van der Waals surface area contributed by atoms with Gasteiger partial charge in [-0.2, -0.15) is 0 Å². The van der Waals surface area contributed by atoms with Crippen molar-refractivity contribution in [2.24, 2.45) is 5.73 Å². The molecule has 10 heteroatoms. The maximum atomic E-state index is 11.0. The van der Waals surface area contributed by atoms with E-state index in [0.29, 0.717) is 32.6 Å². The lowest BCUT2D eigenvalue weighted by atomic mass is 9.93. The number of aliphatic carboxylic acids is 3. The summed E-state index contributed by atoms with van der Waals surface area (Å²) in [6, 6.07) is 0. The Hall–Kier alpha value is -1.75. The third-order valence-corrected chi connectivity index (χ3v) is 3.74. The first kappa shape index (κ1) is 19.3. The molecule has 1 fully saturated rings. The maximum absolute atomic E-state index is 11.0. The zero-order valence-corrected chi connectivity index (χ0v) is 12.9. The Bertz CT molecular complexity index is 418. The summed E-state index contributed by atoms with van der Waals surface area (Å²) in [6.07, 6.45) is 0.409. The van der Waals surface area contributed by atoms with E-state index in [9.17, 15) is 14.4 Å². The van der Waals surface area contributed by atoms with Crippen LogP contribution in [-0.2, 0) is 14.4 Å². The number of hydrogen-bond donors (Lipinski definition) is 5. The number of nitrogens with one attached hydrogen (secondary N) is 1. The highest BCUT2D eigenvalue weighted by molar-refractivity contribution is 5.70. The fourth-order valence-corrected chi connectivity index (χ4v) is 2.90. The van der Waals surface area contributed by atoms with Gasteiger partial charge in [0.1, 0.15) is 0 Å². The Labute approximate surface area is 133 Å². The van der Waals surface area contributed by atoms with E-state index in [4.69, 9.17) is 21.1 Å². The van der Waals surface area contributed by atoms with E-state index in [2.05, 4.69) is 5.32 Å². The summed E-state index contributed by atoms with van der Waals surface area (Å²) in [4.78, 5) is 36.2. The van der Waals surface area contributed by atoms with E-state index in [1.807, 2.05) is 0 Å². The molecule has 0 spiro atoms. The van der Waals surface area contributed by atoms with E-state index in [0.717, 1.165) is 0 Å². The smallest absolute Gasteiger partial charge is 0.317 e. The summed E-state index contributed by atoms with van der Waals surface area (Å²) >= 11 is 0. The lowest BCUT2D eigenvalue weighted by Gasteiger charge is -2.38. The summed E-state index contributed by atoms with van der Waals surface area (Å²) in [6.45, 7) is 0.946. The van der Waals surface area contributed by atoms with Crippen molar-refractivity contribution in [3.8, 4) is 0 Å². The molecule has 1 aliphatic rings. The second kappa shape index (κ2) is 8.77. The largest absolute Gasteiger partial charge is 0.480 e. The molecule has 0 aromatic heterocycles. The second-order valence-corrected chi connectivity index (χ2v) is 5.78. The number of carboxylic acids is 3. The van der Waals surface area contributed by atoms with Crippen molar-refractivity contribution in [3.05, 3.63) is 0 Å². The van der Waals surface area contributed by atoms with Crippen LogP contribution in [0.15, 0.2) is 0 Å². The van der Waals surface area contributed by atoms with Gasteiger partial charge in [0.25, 0.3) is 0 Å². The fourth-order valence-electron chi connectivity index (χ4n) is 2.90. The van der Waals surface area contributed by atoms with Gasteiger partial charge >= 0.3 is 17.9 Å². The molecular weight excluding hydrogens is 308 g/mol. The predicted molar refractivity (Wildman–Crippen MR) is 80.2 cm³/mol. The molecule has 10 nitrogen and oxygen atoms in total. The van der Waals surface area contributed by atoms with Gasteiger partial charge in [0.15, 0.2) is 0 Å². The molecule has 132 valence electrons. The Morgan fingerprint density at radius 1 is 0.957 bits per heavy atom. The molecule has 0 unspecified atom stereocenters. The molecule has 0 amide bonds. The first-order chi connectivity index (χ1) is 10.8. The number of carboxylic acid groups (broad SMARTS) is 3. The minimum absolute atomic E-state index is 0.192. The molecule has 1 saturated heterocycles. The molecule has 1 heterocycles. The molecule has 0 saturated carbocycles.